The third-order valence-electron chi connectivity index (χ3n) is 5.73. The zero-order valence-corrected chi connectivity index (χ0v) is 15.4. The summed E-state index contributed by atoms with van der Waals surface area (Å²) < 4.78 is 13.1. The van der Waals surface area contributed by atoms with Crippen LogP contribution in [0.1, 0.15) is 36.3 Å². The van der Waals surface area contributed by atoms with Crippen molar-refractivity contribution < 1.29 is 14.0 Å². The molecule has 1 atom stereocenters. The Bertz CT molecular complexity index is 840. The van der Waals surface area contributed by atoms with Gasteiger partial charge in [-0.15, -0.1) is 0 Å². The molecule has 0 radical (unpaired) electrons. The fraction of sp³-hybridized carbons (Fsp3) is 0.364. The topological polar surface area (TPSA) is 40.6 Å². The molecule has 2 amide bonds. The Hall–Kier alpha value is -2.53. The predicted molar refractivity (Wildman–Crippen MR) is 102 cm³/mol. The quantitative estimate of drug-likeness (QED) is 0.779. The average molecular weight is 366 g/mol. The molecule has 2 aromatic carbocycles. The zero-order chi connectivity index (χ0) is 19.0. The summed E-state index contributed by atoms with van der Waals surface area (Å²) in [4.78, 5) is 28.9. The Labute approximate surface area is 158 Å². The van der Waals surface area contributed by atoms with Crippen LogP contribution in [0.4, 0.5) is 10.1 Å². The summed E-state index contributed by atoms with van der Waals surface area (Å²) in [6, 6.07) is 13.8. The maximum Gasteiger partial charge on any atom is 0.251 e. The van der Waals surface area contributed by atoms with Crippen LogP contribution in [0, 0.1) is 12.7 Å². The molecule has 27 heavy (non-hydrogen) atoms. The Morgan fingerprint density at radius 3 is 2.19 bits per heavy atom. The van der Waals surface area contributed by atoms with E-state index in [0.29, 0.717) is 11.6 Å². The van der Waals surface area contributed by atoms with E-state index in [2.05, 4.69) is 4.90 Å². The van der Waals surface area contributed by atoms with Crippen molar-refractivity contribution in [3.63, 3.8) is 0 Å². The standard InChI is InChI=1S/C22H23FN2O2/c1-15-2-8-19(9-3-15)25-21(26)14-20(22(25)27)24-12-10-17(11-13-24)16-4-6-18(23)7-5-16/h2-9,17,20H,10-14H2,1H3/t20-/m1/s1. The second-order valence-electron chi connectivity index (χ2n) is 7.48. The molecule has 0 aromatic heterocycles. The van der Waals surface area contributed by atoms with Crippen molar-refractivity contribution >= 4 is 17.5 Å². The molecule has 0 spiro atoms. The number of rotatable bonds is 3. The van der Waals surface area contributed by atoms with Gasteiger partial charge in [-0.2, -0.15) is 0 Å². The molecule has 5 heteroatoms. The first-order chi connectivity index (χ1) is 13.0. The highest BCUT2D eigenvalue weighted by Gasteiger charge is 2.43. The van der Waals surface area contributed by atoms with Crippen LogP contribution in [0.15, 0.2) is 48.5 Å². The van der Waals surface area contributed by atoms with Crippen LogP contribution in [-0.4, -0.2) is 35.8 Å². The van der Waals surface area contributed by atoms with E-state index in [1.165, 1.54) is 17.0 Å². The van der Waals surface area contributed by atoms with Crippen molar-refractivity contribution in [3.8, 4) is 0 Å². The van der Waals surface area contributed by atoms with Crippen LogP contribution >= 0.6 is 0 Å². The second kappa shape index (κ2) is 7.24. The van der Waals surface area contributed by atoms with E-state index in [9.17, 15) is 14.0 Å². The lowest BCUT2D eigenvalue weighted by Crippen LogP contribution is -2.45. The van der Waals surface area contributed by atoms with Gasteiger partial charge in [0.05, 0.1) is 18.2 Å². The molecule has 2 aliphatic heterocycles. The summed E-state index contributed by atoms with van der Waals surface area (Å²) in [7, 11) is 0. The van der Waals surface area contributed by atoms with Crippen molar-refractivity contribution in [2.75, 3.05) is 18.0 Å². The first kappa shape index (κ1) is 17.9. The van der Waals surface area contributed by atoms with Crippen molar-refractivity contribution in [1.29, 1.82) is 0 Å². The fourth-order valence-corrected chi connectivity index (χ4v) is 4.15. The summed E-state index contributed by atoms with van der Waals surface area (Å²) in [5, 5.41) is 0. The number of nitrogens with zero attached hydrogens (tertiary/aromatic N) is 2. The molecule has 2 fully saturated rings. The molecular formula is C22H23FN2O2. The van der Waals surface area contributed by atoms with Gasteiger partial charge in [-0.3, -0.25) is 14.5 Å². The monoisotopic (exact) mass is 366 g/mol. The minimum absolute atomic E-state index is 0.121. The van der Waals surface area contributed by atoms with Crippen molar-refractivity contribution in [1.82, 2.24) is 4.90 Å². The lowest BCUT2D eigenvalue weighted by molar-refractivity contribution is -0.123. The lowest BCUT2D eigenvalue weighted by atomic mass is 9.89. The number of aryl methyl sites for hydroxylation is 1. The van der Waals surface area contributed by atoms with Crippen molar-refractivity contribution in [2.45, 2.75) is 38.1 Å². The number of benzene rings is 2. The third-order valence-corrected chi connectivity index (χ3v) is 5.73. The highest BCUT2D eigenvalue weighted by atomic mass is 19.1. The van der Waals surface area contributed by atoms with E-state index >= 15 is 0 Å². The Kier molecular flexibility index (Phi) is 4.79. The third kappa shape index (κ3) is 3.52. The molecule has 4 rings (SSSR count). The molecule has 2 heterocycles. The van der Waals surface area contributed by atoms with Crippen molar-refractivity contribution in [2.24, 2.45) is 0 Å². The van der Waals surface area contributed by atoms with Gasteiger partial charge in [0.15, 0.2) is 0 Å². The number of hydrogen-bond acceptors (Lipinski definition) is 3. The van der Waals surface area contributed by atoms with E-state index < -0.39 is 0 Å². The van der Waals surface area contributed by atoms with Gasteiger partial charge < -0.3 is 0 Å². The van der Waals surface area contributed by atoms with Crippen molar-refractivity contribution in [3.05, 3.63) is 65.5 Å². The van der Waals surface area contributed by atoms with Crippen LogP contribution in [0.5, 0.6) is 0 Å². The highest BCUT2D eigenvalue weighted by Crippen LogP contribution is 2.32. The summed E-state index contributed by atoms with van der Waals surface area (Å²) in [6.07, 6.45) is 2.07. The number of imide groups is 1. The maximum atomic E-state index is 13.1. The lowest BCUT2D eigenvalue weighted by Gasteiger charge is -2.35. The number of carbonyl (C=O) groups excluding carboxylic acids is 2. The van der Waals surface area contributed by atoms with Gasteiger partial charge in [0, 0.05) is 0 Å². The van der Waals surface area contributed by atoms with Crippen LogP contribution in [0.25, 0.3) is 0 Å². The van der Waals surface area contributed by atoms with Gasteiger partial charge in [-0.05, 0) is 68.6 Å². The molecule has 2 aliphatic rings. The number of amides is 2. The summed E-state index contributed by atoms with van der Waals surface area (Å²) in [6.45, 7) is 3.52. The van der Waals surface area contributed by atoms with Gasteiger partial charge in [-0.1, -0.05) is 29.8 Å². The Balaban J connectivity index is 1.43. The van der Waals surface area contributed by atoms with Gasteiger partial charge in [0.2, 0.25) is 5.91 Å². The van der Waals surface area contributed by atoms with Crippen LogP contribution < -0.4 is 4.90 Å². The summed E-state index contributed by atoms with van der Waals surface area (Å²) in [5.74, 6) is -0.0942. The summed E-state index contributed by atoms with van der Waals surface area (Å²) in [5.41, 5.74) is 2.89. The minimum Gasteiger partial charge on any atom is -0.291 e. The molecule has 2 aromatic rings. The predicted octanol–water partition coefficient (Wildman–Crippen LogP) is 3.65. The van der Waals surface area contributed by atoms with Crippen LogP contribution in [-0.2, 0) is 9.59 Å². The first-order valence-corrected chi connectivity index (χ1v) is 9.46. The first-order valence-electron chi connectivity index (χ1n) is 9.46. The van der Waals surface area contributed by atoms with E-state index in [0.717, 1.165) is 37.1 Å². The number of carbonyl (C=O) groups is 2. The molecule has 0 saturated carbocycles. The molecule has 0 aliphatic carbocycles. The van der Waals surface area contributed by atoms with Crippen LogP contribution in [0.3, 0.4) is 0 Å². The number of anilines is 1. The second-order valence-corrected chi connectivity index (χ2v) is 7.48. The van der Waals surface area contributed by atoms with E-state index in [-0.39, 0.29) is 30.1 Å². The highest BCUT2D eigenvalue weighted by molar-refractivity contribution is 6.22. The van der Waals surface area contributed by atoms with Crippen LogP contribution in [0.2, 0.25) is 0 Å². The molecule has 0 unspecified atom stereocenters. The molecule has 0 N–H and O–H groups in total. The number of hydrogen-bond donors (Lipinski definition) is 0. The number of likely N-dealkylation sites (tertiary alicyclic amines) is 1. The molecule has 4 nitrogen and oxygen atoms in total. The van der Waals surface area contributed by atoms with E-state index in [1.807, 2.05) is 43.3 Å². The maximum absolute atomic E-state index is 13.1. The Morgan fingerprint density at radius 1 is 0.926 bits per heavy atom. The van der Waals surface area contributed by atoms with Gasteiger partial charge in [-0.25, -0.2) is 9.29 Å². The number of halogens is 1. The van der Waals surface area contributed by atoms with Gasteiger partial charge >= 0.3 is 0 Å². The molecule has 140 valence electrons. The summed E-state index contributed by atoms with van der Waals surface area (Å²) >= 11 is 0. The fourth-order valence-electron chi connectivity index (χ4n) is 4.15. The Morgan fingerprint density at radius 2 is 1.56 bits per heavy atom. The van der Waals surface area contributed by atoms with E-state index in [4.69, 9.17) is 0 Å². The largest absolute Gasteiger partial charge is 0.291 e. The van der Waals surface area contributed by atoms with Gasteiger partial charge in [0.25, 0.3) is 5.91 Å². The average Bonchev–Trinajstić information content (AvgIpc) is 2.98. The normalized spacial score (nSPS) is 21.9. The van der Waals surface area contributed by atoms with E-state index in [1.54, 1.807) is 0 Å². The molecule has 0 bridgehead atoms. The molecular weight excluding hydrogens is 343 g/mol. The minimum atomic E-state index is -0.368. The van der Waals surface area contributed by atoms with Gasteiger partial charge in [0.1, 0.15) is 5.82 Å². The molecule has 2 saturated heterocycles. The smallest absolute Gasteiger partial charge is 0.251 e. The SMILES string of the molecule is Cc1ccc(N2C(=O)C[C@@H](N3CCC(c4ccc(F)cc4)CC3)C2=O)cc1. The number of piperidine rings is 1. The zero-order valence-electron chi connectivity index (χ0n) is 15.4.